The molecule has 150 valence electrons. The van der Waals surface area contributed by atoms with Crippen LogP contribution in [-0.4, -0.2) is 65.3 Å². The number of halogens is 1. The van der Waals surface area contributed by atoms with Gasteiger partial charge in [0.15, 0.2) is 0 Å². The molecule has 0 bridgehead atoms. The number of benzene rings is 1. The van der Waals surface area contributed by atoms with Gasteiger partial charge in [0.2, 0.25) is 5.91 Å². The van der Waals surface area contributed by atoms with Gasteiger partial charge in [-0.3, -0.25) is 14.7 Å². The lowest BCUT2D eigenvalue weighted by molar-refractivity contribution is -0.133. The first-order chi connectivity index (χ1) is 13.5. The second-order valence-electron chi connectivity index (χ2n) is 7.87. The van der Waals surface area contributed by atoms with Crippen LogP contribution in [0.5, 0.6) is 5.75 Å². The van der Waals surface area contributed by atoms with E-state index in [-0.39, 0.29) is 25.0 Å². The maximum Gasteiger partial charge on any atom is 0.238 e. The summed E-state index contributed by atoms with van der Waals surface area (Å²) in [5.74, 6) is 0.780. The fraction of sp³-hybridized carbons (Fsp3) is 0.524. The number of likely N-dealkylation sites (tertiary alicyclic amines) is 2. The minimum absolute atomic E-state index is 0.0809. The molecule has 2 saturated heterocycles. The SMILES string of the molecule is Cc1ccc2nccc(OC3CCN(CC(=O)N4C[C@@H](F)C[C@H]4N)CC3)c2c1. The molecule has 2 fully saturated rings. The molecule has 7 heteroatoms. The zero-order chi connectivity index (χ0) is 19.7. The molecule has 1 amide bonds. The van der Waals surface area contributed by atoms with Crippen molar-refractivity contribution >= 4 is 16.8 Å². The normalized spacial score (nSPS) is 24.0. The Labute approximate surface area is 164 Å². The molecule has 0 spiro atoms. The van der Waals surface area contributed by atoms with E-state index >= 15 is 0 Å². The quantitative estimate of drug-likeness (QED) is 0.873. The van der Waals surface area contributed by atoms with E-state index in [9.17, 15) is 9.18 Å². The zero-order valence-corrected chi connectivity index (χ0v) is 16.2. The number of hydrogen-bond donors (Lipinski definition) is 1. The van der Waals surface area contributed by atoms with Gasteiger partial charge >= 0.3 is 0 Å². The smallest absolute Gasteiger partial charge is 0.238 e. The van der Waals surface area contributed by atoms with Crippen LogP contribution in [0.4, 0.5) is 4.39 Å². The molecule has 3 heterocycles. The Bertz CT molecular complexity index is 853. The van der Waals surface area contributed by atoms with Crippen LogP contribution in [0.25, 0.3) is 10.9 Å². The van der Waals surface area contributed by atoms with Crippen molar-refractivity contribution in [3.8, 4) is 5.75 Å². The number of aryl methyl sites for hydroxylation is 1. The molecule has 0 radical (unpaired) electrons. The number of alkyl halides is 1. The highest BCUT2D eigenvalue weighted by Crippen LogP contribution is 2.28. The molecular weight excluding hydrogens is 359 g/mol. The molecule has 2 aromatic rings. The molecule has 28 heavy (non-hydrogen) atoms. The van der Waals surface area contributed by atoms with Crippen molar-refractivity contribution in [2.75, 3.05) is 26.2 Å². The van der Waals surface area contributed by atoms with E-state index in [1.165, 1.54) is 10.5 Å². The van der Waals surface area contributed by atoms with Gasteiger partial charge in [0.25, 0.3) is 0 Å². The Kier molecular flexibility index (Phi) is 5.46. The standard InChI is InChI=1S/C21H27FN4O2/c1-14-2-3-18-17(10-14)19(4-7-24-18)28-16-5-8-25(9-6-16)13-21(27)26-12-15(22)11-20(26)23/h2-4,7,10,15-16,20H,5-6,8-9,11-13,23H2,1H3/t15-,20-/m0/s1. The first-order valence-corrected chi connectivity index (χ1v) is 9.93. The van der Waals surface area contributed by atoms with Gasteiger partial charge in [-0.15, -0.1) is 0 Å². The summed E-state index contributed by atoms with van der Waals surface area (Å²) < 4.78 is 19.7. The molecule has 0 aliphatic carbocycles. The maximum atomic E-state index is 13.4. The number of nitrogens with two attached hydrogens (primary N) is 1. The summed E-state index contributed by atoms with van der Waals surface area (Å²) in [4.78, 5) is 20.4. The summed E-state index contributed by atoms with van der Waals surface area (Å²) in [5.41, 5.74) is 7.97. The van der Waals surface area contributed by atoms with Crippen LogP contribution < -0.4 is 10.5 Å². The van der Waals surface area contributed by atoms with E-state index in [1.807, 2.05) is 18.2 Å². The van der Waals surface area contributed by atoms with E-state index in [0.29, 0.717) is 6.54 Å². The minimum atomic E-state index is -1.00. The first-order valence-electron chi connectivity index (χ1n) is 9.93. The summed E-state index contributed by atoms with van der Waals surface area (Å²) in [6.07, 6.45) is 2.33. The average Bonchev–Trinajstić information content (AvgIpc) is 3.02. The number of nitrogens with zero attached hydrogens (tertiary/aromatic N) is 3. The van der Waals surface area contributed by atoms with Crippen molar-refractivity contribution in [2.24, 2.45) is 5.73 Å². The Morgan fingerprint density at radius 3 is 2.82 bits per heavy atom. The van der Waals surface area contributed by atoms with Gasteiger partial charge in [0, 0.05) is 31.1 Å². The number of rotatable bonds is 4. The average molecular weight is 386 g/mol. The summed E-state index contributed by atoms with van der Waals surface area (Å²) in [6.45, 7) is 4.03. The highest BCUT2D eigenvalue weighted by atomic mass is 19.1. The van der Waals surface area contributed by atoms with Gasteiger partial charge in [0.05, 0.1) is 24.8 Å². The topological polar surface area (TPSA) is 71.7 Å². The second-order valence-corrected chi connectivity index (χ2v) is 7.87. The van der Waals surface area contributed by atoms with Crippen molar-refractivity contribution < 1.29 is 13.9 Å². The van der Waals surface area contributed by atoms with E-state index in [0.717, 1.165) is 42.6 Å². The summed E-state index contributed by atoms with van der Waals surface area (Å²) in [7, 11) is 0. The molecule has 2 aliphatic rings. The lowest BCUT2D eigenvalue weighted by atomic mass is 10.1. The van der Waals surface area contributed by atoms with Gasteiger partial charge in [-0.05, 0) is 38.0 Å². The third-order valence-electron chi connectivity index (χ3n) is 5.66. The van der Waals surface area contributed by atoms with Gasteiger partial charge in [-0.2, -0.15) is 0 Å². The lowest BCUT2D eigenvalue weighted by Gasteiger charge is -2.33. The minimum Gasteiger partial charge on any atom is -0.490 e. The highest BCUT2D eigenvalue weighted by molar-refractivity contribution is 5.85. The molecule has 2 atom stereocenters. The molecular formula is C21H27FN4O2. The second kappa shape index (κ2) is 8.01. The zero-order valence-electron chi connectivity index (χ0n) is 16.2. The molecule has 6 nitrogen and oxygen atoms in total. The van der Waals surface area contributed by atoms with Crippen LogP contribution >= 0.6 is 0 Å². The fourth-order valence-electron chi connectivity index (χ4n) is 4.08. The maximum absolute atomic E-state index is 13.4. The van der Waals surface area contributed by atoms with Crippen molar-refractivity contribution in [2.45, 2.75) is 44.6 Å². The van der Waals surface area contributed by atoms with E-state index in [4.69, 9.17) is 10.5 Å². The van der Waals surface area contributed by atoms with E-state index in [2.05, 4.69) is 22.9 Å². The number of carbonyl (C=O) groups is 1. The summed E-state index contributed by atoms with van der Waals surface area (Å²) in [6, 6.07) is 8.07. The molecule has 0 saturated carbocycles. The number of hydrogen-bond acceptors (Lipinski definition) is 5. The van der Waals surface area contributed by atoms with E-state index in [1.54, 1.807) is 6.20 Å². The Morgan fingerprint density at radius 1 is 1.32 bits per heavy atom. The Balaban J connectivity index is 1.32. The van der Waals surface area contributed by atoms with Gasteiger partial charge in [0.1, 0.15) is 18.0 Å². The summed E-state index contributed by atoms with van der Waals surface area (Å²) in [5, 5.41) is 1.03. The molecule has 1 aromatic carbocycles. The lowest BCUT2D eigenvalue weighted by Crippen LogP contribution is -2.48. The van der Waals surface area contributed by atoms with Crippen LogP contribution in [0.1, 0.15) is 24.8 Å². The number of fused-ring (bicyclic) bond motifs is 1. The van der Waals surface area contributed by atoms with E-state index < -0.39 is 12.3 Å². The molecule has 2 N–H and O–H groups in total. The van der Waals surface area contributed by atoms with Crippen LogP contribution in [0.2, 0.25) is 0 Å². The van der Waals surface area contributed by atoms with Gasteiger partial charge < -0.3 is 15.4 Å². The van der Waals surface area contributed by atoms with Crippen molar-refractivity contribution in [1.29, 1.82) is 0 Å². The van der Waals surface area contributed by atoms with Crippen molar-refractivity contribution in [3.05, 3.63) is 36.0 Å². The number of carbonyl (C=O) groups excluding carboxylic acids is 1. The number of pyridine rings is 1. The monoisotopic (exact) mass is 386 g/mol. The molecule has 1 aromatic heterocycles. The molecule has 0 unspecified atom stereocenters. The third kappa shape index (κ3) is 4.10. The molecule has 4 rings (SSSR count). The van der Waals surface area contributed by atoms with Crippen LogP contribution in [-0.2, 0) is 4.79 Å². The van der Waals surface area contributed by atoms with Gasteiger partial charge in [-0.1, -0.05) is 11.6 Å². The number of amides is 1. The predicted molar refractivity (Wildman–Crippen MR) is 106 cm³/mol. The van der Waals surface area contributed by atoms with Crippen molar-refractivity contribution in [3.63, 3.8) is 0 Å². The number of aromatic nitrogens is 1. The highest BCUT2D eigenvalue weighted by Gasteiger charge is 2.34. The van der Waals surface area contributed by atoms with Crippen LogP contribution in [0, 0.1) is 6.92 Å². The predicted octanol–water partition coefficient (Wildman–Crippen LogP) is 2.24. The Hall–Kier alpha value is -2.25. The Morgan fingerprint density at radius 2 is 2.11 bits per heavy atom. The fourth-order valence-corrected chi connectivity index (χ4v) is 4.08. The van der Waals surface area contributed by atoms with Crippen LogP contribution in [0.3, 0.4) is 0 Å². The van der Waals surface area contributed by atoms with Crippen molar-refractivity contribution in [1.82, 2.24) is 14.8 Å². The van der Waals surface area contributed by atoms with Gasteiger partial charge in [-0.25, -0.2) is 4.39 Å². The first kappa shape index (κ1) is 19.1. The number of ether oxygens (including phenoxy) is 1. The number of piperidine rings is 1. The summed E-state index contributed by atoms with van der Waals surface area (Å²) >= 11 is 0. The third-order valence-corrected chi connectivity index (χ3v) is 5.66. The molecule has 2 aliphatic heterocycles. The largest absolute Gasteiger partial charge is 0.490 e. The van der Waals surface area contributed by atoms with Crippen LogP contribution in [0.15, 0.2) is 30.5 Å².